The van der Waals surface area contributed by atoms with Crippen LogP contribution in [0.4, 0.5) is 0 Å². The molecule has 112 valence electrons. The van der Waals surface area contributed by atoms with Crippen LogP contribution < -0.4 is 11.1 Å². The first-order chi connectivity index (χ1) is 9.99. The normalized spacial score (nSPS) is 11.0. The zero-order valence-corrected chi connectivity index (χ0v) is 12.9. The molecule has 6 heteroatoms. The largest absolute Gasteiger partial charge is 0.364 e. The van der Waals surface area contributed by atoms with E-state index in [9.17, 15) is 4.79 Å². The third kappa shape index (κ3) is 3.83. The van der Waals surface area contributed by atoms with Crippen molar-refractivity contribution in [2.24, 2.45) is 11.7 Å². The minimum atomic E-state index is -0.546. The van der Waals surface area contributed by atoms with Crippen LogP contribution >= 0.6 is 11.6 Å². The number of nitrogens with two attached hydrogens (primary N) is 1. The number of benzene rings is 1. The summed E-state index contributed by atoms with van der Waals surface area (Å²) in [6, 6.07) is 7.20. The fourth-order valence-corrected chi connectivity index (χ4v) is 2.25. The Kier molecular flexibility index (Phi) is 4.98. The van der Waals surface area contributed by atoms with Gasteiger partial charge in [-0.05, 0) is 30.7 Å². The number of primary amides is 1. The van der Waals surface area contributed by atoms with E-state index < -0.39 is 5.91 Å². The van der Waals surface area contributed by atoms with E-state index in [1.807, 2.05) is 18.2 Å². The molecule has 1 heterocycles. The van der Waals surface area contributed by atoms with Gasteiger partial charge in [0.1, 0.15) is 5.69 Å². The molecule has 0 spiro atoms. The summed E-state index contributed by atoms with van der Waals surface area (Å²) in [6.07, 6.45) is 1.71. The fraction of sp³-hybridized carbons (Fsp3) is 0.333. The molecule has 0 bridgehead atoms. The average Bonchev–Trinajstić information content (AvgIpc) is 2.90. The highest BCUT2D eigenvalue weighted by molar-refractivity contribution is 6.31. The lowest BCUT2D eigenvalue weighted by atomic mass is 10.1. The van der Waals surface area contributed by atoms with Crippen LogP contribution in [0.15, 0.2) is 30.5 Å². The van der Waals surface area contributed by atoms with Crippen LogP contribution in [0.5, 0.6) is 0 Å². The highest BCUT2D eigenvalue weighted by atomic mass is 35.5. The molecule has 0 saturated heterocycles. The molecule has 1 aromatic carbocycles. The number of halogens is 1. The van der Waals surface area contributed by atoms with Gasteiger partial charge in [0.15, 0.2) is 0 Å². The van der Waals surface area contributed by atoms with Gasteiger partial charge in [-0.25, -0.2) is 4.68 Å². The Bertz CT molecular complexity index is 636. The summed E-state index contributed by atoms with van der Waals surface area (Å²) in [5.41, 5.74) is 7.25. The minimum absolute atomic E-state index is 0.232. The smallest absolute Gasteiger partial charge is 0.269 e. The Hall–Kier alpha value is -1.85. The van der Waals surface area contributed by atoms with Gasteiger partial charge in [-0.3, -0.25) is 4.79 Å². The molecule has 21 heavy (non-hydrogen) atoms. The molecule has 0 fully saturated rings. The molecule has 2 aromatic rings. The van der Waals surface area contributed by atoms with E-state index in [0.717, 1.165) is 17.8 Å². The van der Waals surface area contributed by atoms with Gasteiger partial charge in [0, 0.05) is 23.3 Å². The van der Waals surface area contributed by atoms with E-state index in [1.165, 1.54) is 0 Å². The van der Waals surface area contributed by atoms with Crippen molar-refractivity contribution in [2.75, 3.05) is 6.54 Å². The van der Waals surface area contributed by atoms with Gasteiger partial charge >= 0.3 is 0 Å². The highest BCUT2D eigenvalue weighted by Crippen LogP contribution is 2.23. The van der Waals surface area contributed by atoms with Crippen LogP contribution in [0.25, 0.3) is 5.69 Å². The Morgan fingerprint density at radius 3 is 2.81 bits per heavy atom. The lowest BCUT2D eigenvalue weighted by Gasteiger charge is -2.13. The van der Waals surface area contributed by atoms with Crippen molar-refractivity contribution in [3.8, 4) is 5.69 Å². The third-order valence-electron chi connectivity index (χ3n) is 3.04. The molecular weight excluding hydrogens is 288 g/mol. The average molecular weight is 307 g/mol. The van der Waals surface area contributed by atoms with Gasteiger partial charge < -0.3 is 11.1 Å². The van der Waals surface area contributed by atoms with Gasteiger partial charge in [-0.2, -0.15) is 5.10 Å². The molecule has 1 amide bonds. The second-order valence-electron chi connectivity index (χ2n) is 5.27. The van der Waals surface area contributed by atoms with Crippen molar-refractivity contribution in [1.82, 2.24) is 15.1 Å². The third-order valence-corrected chi connectivity index (χ3v) is 3.39. The van der Waals surface area contributed by atoms with E-state index in [1.54, 1.807) is 16.9 Å². The number of nitrogens with one attached hydrogen (secondary N) is 1. The molecule has 1 aromatic heterocycles. The monoisotopic (exact) mass is 306 g/mol. The molecule has 2 rings (SSSR count). The number of aromatic nitrogens is 2. The summed E-state index contributed by atoms with van der Waals surface area (Å²) < 4.78 is 1.62. The van der Waals surface area contributed by atoms with Crippen LogP contribution in [0.1, 0.15) is 29.9 Å². The molecule has 0 aliphatic rings. The molecular formula is C15H19ClN4O. The Morgan fingerprint density at radius 2 is 2.19 bits per heavy atom. The summed E-state index contributed by atoms with van der Waals surface area (Å²) in [7, 11) is 0. The Balaban J connectivity index is 2.29. The fourth-order valence-electron chi connectivity index (χ4n) is 2.01. The number of amides is 1. The van der Waals surface area contributed by atoms with E-state index in [0.29, 0.717) is 17.5 Å². The van der Waals surface area contributed by atoms with Crippen LogP contribution in [0.2, 0.25) is 5.02 Å². The van der Waals surface area contributed by atoms with Gasteiger partial charge in [0.25, 0.3) is 5.91 Å². The van der Waals surface area contributed by atoms with Gasteiger partial charge in [0.05, 0.1) is 5.69 Å². The second kappa shape index (κ2) is 6.74. The van der Waals surface area contributed by atoms with Crippen molar-refractivity contribution in [3.63, 3.8) is 0 Å². The SMILES string of the molecule is CC(C)CNCc1c(Cl)cccc1-n1ccc(C(N)=O)n1. The van der Waals surface area contributed by atoms with Crippen molar-refractivity contribution < 1.29 is 4.79 Å². The number of hydrogen-bond acceptors (Lipinski definition) is 3. The predicted octanol–water partition coefficient (Wildman–Crippen LogP) is 2.37. The molecule has 0 radical (unpaired) electrons. The van der Waals surface area contributed by atoms with E-state index in [2.05, 4.69) is 24.3 Å². The number of nitrogens with zero attached hydrogens (tertiary/aromatic N) is 2. The van der Waals surface area contributed by atoms with Gasteiger partial charge in [-0.15, -0.1) is 0 Å². The molecule has 0 atom stereocenters. The highest BCUT2D eigenvalue weighted by Gasteiger charge is 2.12. The van der Waals surface area contributed by atoms with E-state index in [-0.39, 0.29) is 5.69 Å². The molecule has 0 unspecified atom stereocenters. The van der Waals surface area contributed by atoms with E-state index in [4.69, 9.17) is 17.3 Å². The Labute approximate surface area is 129 Å². The summed E-state index contributed by atoms with van der Waals surface area (Å²) in [4.78, 5) is 11.2. The first-order valence-corrected chi connectivity index (χ1v) is 7.20. The van der Waals surface area contributed by atoms with E-state index >= 15 is 0 Å². The van der Waals surface area contributed by atoms with Gasteiger partial charge in [0.2, 0.25) is 0 Å². The van der Waals surface area contributed by atoms with Crippen molar-refractivity contribution >= 4 is 17.5 Å². The summed E-state index contributed by atoms with van der Waals surface area (Å²) in [5.74, 6) is 0.0115. The molecule has 0 aliphatic carbocycles. The quantitative estimate of drug-likeness (QED) is 0.860. The topological polar surface area (TPSA) is 72.9 Å². The number of carbonyl (C=O) groups excluding carboxylic acids is 1. The maximum Gasteiger partial charge on any atom is 0.269 e. The minimum Gasteiger partial charge on any atom is -0.364 e. The van der Waals surface area contributed by atoms with Crippen LogP contribution in [-0.4, -0.2) is 22.2 Å². The van der Waals surface area contributed by atoms with Crippen molar-refractivity contribution in [2.45, 2.75) is 20.4 Å². The molecule has 0 aliphatic heterocycles. The first-order valence-electron chi connectivity index (χ1n) is 6.83. The molecule has 3 N–H and O–H groups in total. The predicted molar refractivity (Wildman–Crippen MR) is 83.6 cm³/mol. The second-order valence-corrected chi connectivity index (χ2v) is 5.68. The lowest BCUT2D eigenvalue weighted by Crippen LogP contribution is -2.20. The maximum atomic E-state index is 11.2. The van der Waals surface area contributed by atoms with Gasteiger partial charge in [-0.1, -0.05) is 31.5 Å². The summed E-state index contributed by atoms with van der Waals surface area (Å²) in [5, 5.41) is 8.21. The maximum absolute atomic E-state index is 11.2. The number of hydrogen-bond donors (Lipinski definition) is 2. The summed E-state index contributed by atoms with van der Waals surface area (Å²) in [6.45, 7) is 5.83. The lowest BCUT2D eigenvalue weighted by molar-refractivity contribution is 0.0995. The molecule has 5 nitrogen and oxygen atoms in total. The summed E-state index contributed by atoms with van der Waals surface area (Å²) >= 11 is 6.29. The Morgan fingerprint density at radius 1 is 1.43 bits per heavy atom. The van der Waals surface area contributed by atoms with Crippen LogP contribution in [-0.2, 0) is 6.54 Å². The number of rotatable bonds is 6. The van der Waals surface area contributed by atoms with Crippen LogP contribution in [0.3, 0.4) is 0 Å². The first kappa shape index (κ1) is 15.5. The van der Waals surface area contributed by atoms with Crippen molar-refractivity contribution in [3.05, 3.63) is 46.7 Å². The molecule has 0 saturated carbocycles. The standard InChI is InChI=1S/C15H19ClN4O/c1-10(2)8-18-9-11-12(16)4-3-5-14(11)20-7-6-13(19-20)15(17)21/h3-7,10,18H,8-9H2,1-2H3,(H2,17,21). The van der Waals surface area contributed by atoms with Crippen LogP contribution in [0, 0.1) is 5.92 Å². The zero-order valence-electron chi connectivity index (χ0n) is 12.1. The zero-order chi connectivity index (χ0) is 15.4. The number of carbonyl (C=O) groups is 1. The van der Waals surface area contributed by atoms with Crippen molar-refractivity contribution in [1.29, 1.82) is 0 Å².